The molecule has 1 N–H and O–H groups in total. The van der Waals surface area contributed by atoms with Crippen LogP contribution in [0, 0.1) is 6.92 Å². The van der Waals surface area contributed by atoms with E-state index in [0.29, 0.717) is 0 Å². The predicted molar refractivity (Wildman–Crippen MR) is 89.4 cm³/mol. The Morgan fingerprint density at radius 2 is 1.82 bits per heavy atom. The summed E-state index contributed by atoms with van der Waals surface area (Å²) in [6.45, 7) is 4.14. The SMILES string of the molecule is CCCc1nn(-c2ccccc2)c(-c2cccc(C)c2)c1O. The lowest BCUT2D eigenvalue weighted by molar-refractivity contribution is 0.469. The largest absolute Gasteiger partial charge is 0.504 e. The van der Waals surface area contributed by atoms with E-state index in [4.69, 9.17) is 0 Å². The quantitative estimate of drug-likeness (QED) is 0.768. The molecule has 0 atom stereocenters. The highest BCUT2D eigenvalue weighted by molar-refractivity contribution is 5.70. The molecule has 3 rings (SSSR count). The molecule has 0 radical (unpaired) electrons. The van der Waals surface area contributed by atoms with Gasteiger partial charge >= 0.3 is 0 Å². The minimum Gasteiger partial charge on any atom is -0.504 e. The zero-order valence-electron chi connectivity index (χ0n) is 13.0. The summed E-state index contributed by atoms with van der Waals surface area (Å²) < 4.78 is 1.84. The number of hydrogen-bond donors (Lipinski definition) is 1. The predicted octanol–water partition coefficient (Wildman–Crippen LogP) is 4.51. The summed E-state index contributed by atoms with van der Waals surface area (Å²) >= 11 is 0. The van der Waals surface area contributed by atoms with Crippen molar-refractivity contribution < 1.29 is 5.11 Å². The first-order chi connectivity index (χ1) is 10.7. The second-order valence-corrected chi connectivity index (χ2v) is 5.51. The van der Waals surface area contributed by atoms with Gasteiger partial charge in [0.15, 0.2) is 5.75 Å². The number of rotatable bonds is 4. The van der Waals surface area contributed by atoms with Crippen LogP contribution in [0.4, 0.5) is 0 Å². The highest BCUT2D eigenvalue weighted by Gasteiger charge is 2.19. The Kier molecular flexibility index (Phi) is 3.96. The van der Waals surface area contributed by atoms with Crippen molar-refractivity contribution in [2.75, 3.05) is 0 Å². The second kappa shape index (κ2) is 6.06. The van der Waals surface area contributed by atoms with Crippen LogP contribution in [0.25, 0.3) is 16.9 Å². The van der Waals surface area contributed by atoms with Crippen LogP contribution in [-0.4, -0.2) is 14.9 Å². The fourth-order valence-corrected chi connectivity index (χ4v) is 2.67. The lowest BCUT2D eigenvalue weighted by Gasteiger charge is -2.08. The zero-order chi connectivity index (χ0) is 15.5. The summed E-state index contributed by atoms with van der Waals surface area (Å²) in [5, 5.41) is 15.3. The molecule has 22 heavy (non-hydrogen) atoms. The Bertz CT molecular complexity index is 775. The number of aromatic hydroxyl groups is 1. The van der Waals surface area contributed by atoms with Crippen LogP contribution >= 0.6 is 0 Å². The lowest BCUT2D eigenvalue weighted by atomic mass is 10.1. The van der Waals surface area contributed by atoms with E-state index in [0.717, 1.165) is 41.0 Å². The van der Waals surface area contributed by atoms with Crippen molar-refractivity contribution in [3.05, 3.63) is 65.9 Å². The molecule has 3 aromatic rings. The molecule has 0 aliphatic rings. The Balaban J connectivity index is 2.23. The van der Waals surface area contributed by atoms with Crippen LogP contribution in [0.1, 0.15) is 24.6 Å². The molecule has 0 aliphatic heterocycles. The van der Waals surface area contributed by atoms with Crippen LogP contribution in [0.15, 0.2) is 54.6 Å². The summed E-state index contributed by atoms with van der Waals surface area (Å²) in [5.41, 5.74) is 4.61. The third kappa shape index (κ3) is 2.62. The van der Waals surface area contributed by atoms with Crippen LogP contribution < -0.4 is 0 Å². The molecule has 0 saturated heterocycles. The van der Waals surface area contributed by atoms with E-state index in [9.17, 15) is 5.11 Å². The summed E-state index contributed by atoms with van der Waals surface area (Å²) in [5.74, 6) is 0.288. The van der Waals surface area contributed by atoms with E-state index < -0.39 is 0 Å². The summed E-state index contributed by atoms with van der Waals surface area (Å²) in [6, 6.07) is 18.1. The van der Waals surface area contributed by atoms with E-state index in [2.05, 4.69) is 31.1 Å². The third-order valence-corrected chi connectivity index (χ3v) is 3.71. The Morgan fingerprint density at radius 3 is 2.50 bits per heavy atom. The molecule has 0 amide bonds. The van der Waals surface area contributed by atoms with Gasteiger partial charge in [0.25, 0.3) is 0 Å². The topological polar surface area (TPSA) is 38.0 Å². The average Bonchev–Trinajstić information content (AvgIpc) is 2.86. The second-order valence-electron chi connectivity index (χ2n) is 5.51. The minimum absolute atomic E-state index is 0.288. The first-order valence-corrected chi connectivity index (χ1v) is 7.64. The first kappa shape index (κ1) is 14.4. The molecule has 2 aromatic carbocycles. The highest BCUT2D eigenvalue weighted by Crippen LogP contribution is 2.35. The zero-order valence-corrected chi connectivity index (χ0v) is 13.0. The van der Waals surface area contributed by atoms with Gasteiger partial charge in [0.05, 0.1) is 5.69 Å². The van der Waals surface area contributed by atoms with E-state index in [1.807, 2.05) is 47.1 Å². The molecule has 1 heterocycles. The van der Waals surface area contributed by atoms with Gasteiger partial charge in [-0.15, -0.1) is 0 Å². The maximum atomic E-state index is 10.7. The lowest BCUT2D eigenvalue weighted by Crippen LogP contribution is -1.99. The molecule has 0 unspecified atom stereocenters. The number of aryl methyl sites for hydroxylation is 2. The van der Waals surface area contributed by atoms with E-state index in [1.165, 1.54) is 0 Å². The van der Waals surface area contributed by atoms with Crippen molar-refractivity contribution >= 4 is 0 Å². The molecule has 0 saturated carbocycles. The number of nitrogens with zero attached hydrogens (tertiary/aromatic N) is 2. The summed E-state index contributed by atoms with van der Waals surface area (Å²) in [4.78, 5) is 0. The van der Waals surface area contributed by atoms with Crippen molar-refractivity contribution in [2.24, 2.45) is 0 Å². The van der Waals surface area contributed by atoms with Crippen molar-refractivity contribution in [2.45, 2.75) is 26.7 Å². The van der Waals surface area contributed by atoms with Crippen LogP contribution in [0.5, 0.6) is 5.75 Å². The maximum absolute atomic E-state index is 10.7. The molecule has 112 valence electrons. The first-order valence-electron chi connectivity index (χ1n) is 7.64. The minimum atomic E-state index is 0.288. The van der Waals surface area contributed by atoms with Gasteiger partial charge in [-0.05, 0) is 31.5 Å². The highest BCUT2D eigenvalue weighted by atomic mass is 16.3. The number of aromatic nitrogens is 2. The van der Waals surface area contributed by atoms with Crippen LogP contribution in [-0.2, 0) is 6.42 Å². The summed E-state index contributed by atoms with van der Waals surface area (Å²) in [7, 11) is 0. The van der Waals surface area contributed by atoms with Crippen molar-refractivity contribution in [3.63, 3.8) is 0 Å². The Morgan fingerprint density at radius 1 is 1.05 bits per heavy atom. The van der Waals surface area contributed by atoms with Gasteiger partial charge < -0.3 is 5.11 Å². The molecule has 0 fully saturated rings. The average molecular weight is 292 g/mol. The molecule has 3 nitrogen and oxygen atoms in total. The fraction of sp³-hybridized carbons (Fsp3) is 0.211. The normalized spacial score (nSPS) is 10.8. The molecule has 1 aromatic heterocycles. The van der Waals surface area contributed by atoms with E-state index in [-0.39, 0.29) is 5.75 Å². The molecular formula is C19H20N2O. The van der Waals surface area contributed by atoms with Gasteiger partial charge in [-0.1, -0.05) is 55.3 Å². The van der Waals surface area contributed by atoms with Gasteiger partial charge in [-0.2, -0.15) is 5.10 Å². The van der Waals surface area contributed by atoms with Crippen molar-refractivity contribution in [3.8, 4) is 22.7 Å². The molecule has 3 heteroatoms. The molecule has 0 spiro atoms. The van der Waals surface area contributed by atoms with E-state index >= 15 is 0 Å². The summed E-state index contributed by atoms with van der Waals surface area (Å²) in [6.07, 6.45) is 1.72. The van der Waals surface area contributed by atoms with Crippen LogP contribution in [0.3, 0.4) is 0 Å². The van der Waals surface area contributed by atoms with Gasteiger partial charge in [0, 0.05) is 5.56 Å². The van der Waals surface area contributed by atoms with Gasteiger partial charge in [-0.3, -0.25) is 0 Å². The van der Waals surface area contributed by atoms with Crippen LogP contribution in [0.2, 0.25) is 0 Å². The number of benzene rings is 2. The van der Waals surface area contributed by atoms with Gasteiger partial charge in [0.1, 0.15) is 11.4 Å². The number of para-hydroxylation sites is 1. The molecular weight excluding hydrogens is 272 g/mol. The monoisotopic (exact) mass is 292 g/mol. The molecule has 0 bridgehead atoms. The number of hydrogen-bond acceptors (Lipinski definition) is 2. The van der Waals surface area contributed by atoms with Gasteiger partial charge in [0.2, 0.25) is 0 Å². The smallest absolute Gasteiger partial charge is 0.165 e. The molecule has 0 aliphatic carbocycles. The standard InChI is InChI=1S/C19H20N2O/c1-3-8-17-19(22)18(15-10-7-9-14(2)13-15)21(20-17)16-11-5-4-6-12-16/h4-7,9-13,22H,3,8H2,1-2H3. The van der Waals surface area contributed by atoms with Crippen molar-refractivity contribution in [1.29, 1.82) is 0 Å². The van der Waals surface area contributed by atoms with Gasteiger partial charge in [-0.25, -0.2) is 4.68 Å². The Hall–Kier alpha value is -2.55. The third-order valence-electron chi connectivity index (χ3n) is 3.71. The van der Waals surface area contributed by atoms with Crippen molar-refractivity contribution in [1.82, 2.24) is 9.78 Å². The maximum Gasteiger partial charge on any atom is 0.165 e. The van der Waals surface area contributed by atoms with E-state index in [1.54, 1.807) is 0 Å². The Labute approximate surface area is 130 Å². The fourth-order valence-electron chi connectivity index (χ4n) is 2.67.